The maximum absolute atomic E-state index is 9.91. The zero-order valence-electron chi connectivity index (χ0n) is 17.8. The van der Waals surface area contributed by atoms with Gasteiger partial charge in [0, 0.05) is 11.6 Å². The van der Waals surface area contributed by atoms with Crippen molar-refractivity contribution in [2.24, 2.45) is 0 Å². The van der Waals surface area contributed by atoms with Crippen LogP contribution in [0, 0.1) is 0 Å². The molecule has 0 rings (SSSR count). The van der Waals surface area contributed by atoms with Crippen LogP contribution in [0.25, 0.3) is 0 Å². The minimum Gasteiger partial charge on any atom is -0.748 e. The number of alkyl halides is 1. The standard InChI is InChI=1S/C16H36N.C4H9ClO3S/c1-5-9-13-17(14-10-6-2,15-11-7-3)16-12-8-4;5-3-1-2-4-9(6,7)8/h5-16H2,1-4H3;1-4H2,(H,6,7,8)/q+1;/p-1. The van der Waals surface area contributed by atoms with Crippen LogP contribution in [0.5, 0.6) is 0 Å². The molecule has 0 aliphatic carbocycles. The molecule has 0 radical (unpaired) electrons. The van der Waals surface area contributed by atoms with Gasteiger partial charge in [-0.2, -0.15) is 0 Å². The highest BCUT2D eigenvalue weighted by molar-refractivity contribution is 7.85. The summed E-state index contributed by atoms with van der Waals surface area (Å²) >= 11 is 5.23. The zero-order valence-corrected chi connectivity index (χ0v) is 19.3. The highest BCUT2D eigenvalue weighted by Gasteiger charge is 2.24. The minimum absolute atomic E-state index is 0.292. The van der Waals surface area contributed by atoms with Crippen molar-refractivity contribution in [1.29, 1.82) is 0 Å². The van der Waals surface area contributed by atoms with Gasteiger partial charge in [-0.25, -0.2) is 8.42 Å². The molecule has 0 fully saturated rings. The van der Waals surface area contributed by atoms with Gasteiger partial charge in [-0.1, -0.05) is 53.4 Å². The van der Waals surface area contributed by atoms with Gasteiger partial charge in [0.25, 0.3) is 0 Å². The molecule has 0 N–H and O–H groups in total. The maximum atomic E-state index is 9.91. The first-order valence-corrected chi connectivity index (χ1v) is 12.8. The van der Waals surface area contributed by atoms with Crippen molar-refractivity contribution >= 4 is 21.7 Å². The second kappa shape index (κ2) is 18.5. The summed E-state index contributed by atoms with van der Waals surface area (Å²) in [4.78, 5) is 0. The average molecular weight is 414 g/mol. The molecule has 6 heteroatoms. The first kappa shape index (κ1) is 28.4. The van der Waals surface area contributed by atoms with E-state index in [-0.39, 0.29) is 5.75 Å². The van der Waals surface area contributed by atoms with Gasteiger partial charge in [-0.05, 0) is 38.5 Å². The normalized spacial score (nSPS) is 11.9. The van der Waals surface area contributed by atoms with Gasteiger partial charge in [0.15, 0.2) is 0 Å². The van der Waals surface area contributed by atoms with Crippen LogP contribution in [0.4, 0.5) is 0 Å². The van der Waals surface area contributed by atoms with E-state index in [1.165, 1.54) is 82.0 Å². The fourth-order valence-corrected chi connectivity index (χ4v) is 3.76. The van der Waals surface area contributed by atoms with Crippen LogP contribution in [0.2, 0.25) is 0 Å². The molecule has 4 nitrogen and oxygen atoms in total. The van der Waals surface area contributed by atoms with E-state index < -0.39 is 10.1 Å². The van der Waals surface area contributed by atoms with Crippen molar-refractivity contribution in [2.75, 3.05) is 37.8 Å². The smallest absolute Gasteiger partial charge is 0.0945 e. The summed E-state index contributed by atoms with van der Waals surface area (Å²) in [6, 6.07) is 0. The van der Waals surface area contributed by atoms with E-state index in [1.807, 2.05) is 0 Å². The van der Waals surface area contributed by atoms with E-state index in [2.05, 4.69) is 27.7 Å². The van der Waals surface area contributed by atoms with Gasteiger partial charge in [0.2, 0.25) is 0 Å². The van der Waals surface area contributed by atoms with Crippen molar-refractivity contribution < 1.29 is 17.5 Å². The summed E-state index contributed by atoms with van der Waals surface area (Å²) in [7, 11) is -4.01. The number of nitrogens with zero attached hydrogens (tertiary/aromatic N) is 1. The second-order valence-electron chi connectivity index (χ2n) is 7.31. The first-order valence-electron chi connectivity index (χ1n) is 10.6. The molecule has 0 spiro atoms. The number of rotatable bonds is 16. The number of quaternary nitrogens is 1. The molecule has 0 aromatic carbocycles. The van der Waals surface area contributed by atoms with Gasteiger partial charge in [-0.3, -0.25) is 0 Å². The number of hydrogen-bond acceptors (Lipinski definition) is 3. The Morgan fingerprint density at radius 2 is 1.04 bits per heavy atom. The van der Waals surface area contributed by atoms with Crippen molar-refractivity contribution in [2.45, 2.75) is 91.9 Å². The van der Waals surface area contributed by atoms with Crippen LogP contribution in [0.15, 0.2) is 0 Å². The van der Waals surface area contributed by atoms with E-state index >= 15 is 0 Å². The van der Waals surface area contributed by atoms with Crippen molar-refractivity contribution in [1.82, 2.24) is 0 Å². The number of unbranched alkanes of at least 4 members (excludes halogenated alkanes) is 5. The fraction of sp³-hybridized carbons (Fsp3) is 1.00. The van der Waals surface area contributed by atoms with E-state index in [1.54, 1.807) is 0 Å². The summed E-state index contributed by atoms with van der Waals surface area (Å²) in [5.41, 5.74) is 0. The van der Waals surface area contributed by atoms with Gasteiger partial charge in [0.1, 0.15) is 0 Å². The molecular weight excluding hydrogens is 370 g/mol. The Bertz CT molecular complexity index is 351. The predicted molar refractivity (Wildman–Crippen MR) is 114 cm³/mol. The lowest BCUT2D eigenvalue weighted by atomic mass is 10.1. The summed E-state index contributed by atoms with van der Waals surface area (Å²) < 4.78 is 31.1. The quantitative estimate of drug-likeness (QED) is 0.144. The monoisotopic (exact) mass is 413 g/mol. The first-order chi connectivity index (χ1) is 12.3. The molecule has 0 aliphatic heterocycles. The SMILES string of the molecule is CCCC[N+](CCCC)(CCCC)CCCC.O=S(=O)([O-])CCCCCl. The summed E-state index contributed by atoms with van der Waals surface area (Å²) in [6.45, 7) is 15.0. The van der Waals surface area contributed by atoms with Crippen molar-refractivity contribution in [3.63, 3.8) is 0 Å². The second-order valence-corrected chi connectivity index (χ2v) is 9.21. The van der Waals surface area contributed by atoms with Crippen LogP contribution in [0.3, 0.4) is 0 Å². The Balaban J connectivity index is 0. The minimum atomic E-state index is -4.01. The molecular formula is C20H44ClNO3S. The summed E-state index contributed by atoms with van der Waals surface area (Å²) in [6.07, 6.45) is 12.0. The van der Waals surface area contributed by atoms with Gasteiger partial charge >= 0.3 is 0 Å². The fourth-order valence-electron chi connectivity index (χ4n) is 3.02. The third kappa shape index (κ3) is 18.9. The van der Waals surface area contributed by atoms with Crippen LogP contribution < -0.4 is 0 Å². The highest BCUT2D eigenvalue weighted by atomic mass is 35.5. The molecule has 0 saturated heterocycles. The molecule has 0 amide bonds. The third-order valence-electron chi connectivity index (χ3n) is 4.72. The van der Waals surface area contributed by atoms with Crippen molar-refractivity contribution in [3.8, 4) is 0 Å². The summed E-state index contributed by atoms with van der Waals surface area (Å²) in [5.74, 6) is 0.120. The Morgan fingerprint density at radius 3 is 1.27 bits per heavy atom. The molecule has 0 atom stereocenters. The van der Waals surface area contributed by atoms with Gasteiger partial charge in [0.05, 0.1) is 36.3 Å². The molecule has 26 heavy (non-hydrogen) atoms. The molecule has 0 aromatic heterocycles. The topological polar surface area (TPSA) is 57.2 Å². The van der Waals surface area contributed by atoms with Crippen LogP contribution in [-0.4, -0.2) is 55.3 Å². The Hall–Kier alpha value is 0.160. The van der Waals surface area contributed by atoms with Gasteiger partial charge < -0.3 is 9.04 Å². The lowest BCUT2D eigenvalue weighted by molar-refractivity contribution is -0.929. The van der Waals surface area contributed by atoms with Gasteiger partial charge in [-0.15, -0.1) is 11.6 Å². The Kier molecular flexibility index (Phi) is 20.2. The molecule has 0 unspecified atom stereocenters. The maximum Gasteiger partial charge on any atom is 0.0945 e. The van der Waals surface area contributed by atoms with E-state index in [0.717, 1.165) is 0 Å². The lowest BCUT2D eigenvalue weighted by Crippen LogP contribution is -2.50. The van der Waals surface area contributed by atoms with Crippen LogP contribution >= 0.6 is 11.6 Å². The van der Waals surface area contributed by atoms with E-state index in [9.17, 15) is 13.0 Å². The van der Waals surface area contributed by atoms with E-state index in [4.69, 9.17) is 11.6 Å². The number of hydrogen-bond donors (Lipinski definition) is 0. The average Bonchev–Trinajstić information content (AvgIpc) is 2.60. The van der Waals surface area contributed by atoms with E-state index in [0.29, 0.717) is 18.7 Å². The third-order valence-corrected chi connectivity index (χ3v) is 5.78. The van der Waals surface area contributed by atoms with Crippen molar-refractivity contribution in [3.05, 3.63) is 0 Å². The predicted octanol–water partition coefficient (Wildman–Crippen LogP) is 5.55. The Morgan fingerprint density at radius 1 is 0.692 bits per heavy atom. The molecule has 160 valence electrons. The molecule has 0 aromatic rings. The largest absolute Gasteiger partial charge is 0.748 e. The lowest BCUT2D eigenvalue weighted by Gasteiger charge is -2.39. The van der Waals surface area contributed by atoms with Crippen LogP contribution in [0.1, 0.15) is 91.9 Å². The molecule has 0 saturated carbocycles. The number of halogens is 1. The Labute approximate surface area is 169 Å². The molecule has 0 aliphatic rings. The summed E-state index contributed by atoms with van der Waals surface area (Å²) in [5, 5.41) is 0. The molecule has 0 bridgehead atoms. The zero-order chi connectivity index (χ0) is 20.3. The molecule has 0 heterocycles. The highest BCUT2D eigenvalue weighted by Crippen LogP contribution is 2.16. The van der Waals surface area contributed by atoms with Crippen LogP contribution in [-0.2, 0) is 10.1 Å².